The van der Waals surface area contributed by atoms with E-state index >= 15 is 0 Å². The molecule has 0 aliphatic rings. The second-order valence-electron chi connectivity index (χ2n) is 6.63. The highest BCUT2D eigenvalue weighted by Gasteiger charge is 2.14. The highest BCUT2D eigenvalue weighted by molar-refractivity contribution is 9.10. The number of hydrogen-bond acceptors (Lipinski definition) is 4. The molecule has 156 valence electrons. The van der Waals surface area contributed by atoms with E-state index in [1.807, 2.05) is 37.3 Å². The van der Waals surface area contributed by atoms with Crippen molar-refractivity contribution in [1.82, 2.24) is 0 Å². The largest absolute Gasteiger partial charge is 0.325 e. The van der Waals surface area contributed by atoms with Crippen molar-refractivity contribution in [3.05, 3.63) is 88.4 Å². The Labute approximate surface area is 189 Å². The summed E-state index contributed by atoms with van der Waals surface area (Å²) in [7, 11) is -3.70. The molecule has 0 aliphatic heterocycles. The Morgan fingerprint density at radius 1 is 0.967 bits per heavy atom. The van der Waals surface area contributed by atoms with Crippen LogP contribution in [0.2, 0.25) is 0 Å². The number of sulfonamides is 1. The minimum absolute atomic E-state index is 0.130. The fourth-order valence-electron chi connectivity index (χ4n) is 2.71. The maximum atomic E-state index is 12.5. The Bertz CT molecular complexity index is 1130. The summed E-state index contributed by atoms with van der Waals surface area (Å²) in [6, 6.07) is 21.2. The lowest BCUT2D eigenvalue weighted by atomic mass is 10.2. The van der Waals surface area contributed by atoms with Crippen LogP contribution in [0.4, 0.5) is 11.4 Å². The Balaban J connectivity index is 1.54. The molecule has 0 radical (unpaired) electrons. The van der Waals surface area contributed by atoms with Crippen molar-refractivity contribution in [2.75, 3.05) is 15.8 Å². The van der Waals surface area contributed by atoms with E-state index in [0.29, 0.717) is 17.1 Å². The Kier molecular flexibility index (Phi) is 7.58. The first-order valence-electron chi connectivity index (χ1n) is 9.14. The van der Waals surface area contributed by atoms with Gasteiger partial charge in [-0.1, -0.05) is 46.3 Å². The van der Waals surface area contributed by atoms with Crippen molar-refractivity contribution in [3.63, 3.8) is 0 Å². The molecule has 0 bridgehead atoms. The molecule has 0 unspecified atom stereocenters. The van der Waals surface area contributed by atoms with Gasteiger partial charge in [0.2, 0.25) is 5.91 Å². The number of thioether (sulfide) groups is 1. The Morgan fingerprint density at radius 2 is 1.70 bits per heavy atom. The Morgan fingerprint density at radius 3 is 2.40 bits per heavy atom. The second kappa shape index (κ2) is 10.1. The number of halogens is 1. The van der Waals surface area contributed by atoms with E-state index in [2.05, 4.69) is 26.0 Å². The average Bonchev–Trinajstić information content (AvgIpc) is 2.69. The summed E-state index contributed by atoms with van der Waals surface area (Å²) in [5.74, 6) is 0.882. The number of hydrogen-bond donors (Lipinski definition) is 2. The normalized spacial score (nSPS) is 11.1. The monoisotopic (exact) mass is 504 g/mol. The highest BCUT2D eigenvalue weighted by atomic mass is 79.9. The second-order valence-corrected chi connectivity index (χ2v) is 10.2. The molecule has 3 rings (SSSR count). The van der Waals surface area contributed by atoms with Crippen LogP contribution in [0.5, 0.6) is 0 Å². The summed E-state index contributed by atoms with van der Waals surface area (Å²) < 4.78 is 28.7. The van der Waals surface area contributed by atoms with Crippen molar-refractivity contribution in [1.29, 1.82) is 0 Å². The first kappa shape index (κ1) is 22.4. The number of amides is 1. The molecule has 30 heavy (non-hydrogen) atoms. The molecule has 0 aliphatic carbocycles. The first-order chi connectivity index (χ1) is 14.3. The molecule has 0 spiro atoms. The van der Waals surface area contributed by atoms with Gasteiger partial charge in [-0.25, -0.2) is 8.42 Å². The fraction of sp³-hybridized carbons (Fsp3) is 0.136. The zero-order valence-electron chi connectivity index (χ0n) is 16.3. The number of carbonyl (C=O) groups excluding carboxylic acids is 1. The van der Waals surface area contributed by atoms with E-state index in [-0.39, 0.29) is 10.8 Å². The molecular formula is C22H21BrN2O3S2. The highest BCUT2D eigenvalue weighted by Crippen LogP contribution is 2.22. The number of nitrogens with one attached hydrogen (secondary N) is 2. The third-order valence-electron chi connectivity index (χ3n) is 4.17. The van der Waals surface area contributed by atoms with Crippen LogP contribution >= 0.6 is 27.7 Å². The zero-order valence-corrected chi connectivity index (χ0v) is 19.5. The molecule has 0 atom stereocenters. The standard InChI is InChI=1S/C22H21BrN2O3S2/c1-16-5-4-7-19(13-16)25-30(27,28)20-11-9-18(10-12-20)24-22(26)15-29-14-17-6-2-3-8-21(17)23/h2-13,25H,14-15H2,1H3,(H,24,26). The summed E-state index contributed by atoms with van der Waals surface area (Å²) >= 11 is 5.01. The van der Waals surface area contributed by atoms with Crippen molar-refractivity contribution in [3.8, 4) is 0 Å². The predicted octanol–water partition coefficient (Wildman–Crippen LogP) is 5.43. The summed E-state index contributed by atoms with van der Waals surface area (Å²) in [4.78, 5) is 12.3. The van der Waals surface area contributed by atoms with Gasteiger partial charge in [0.25, 0.3) is 10.0 Å². The van der Waals surface area contributed by atoms with Gasteiger partial charge in [0, 0.05) is 21.6 Å². The molecule has 1 amide bonds. The summed E-state index contributed by atoms with van der Waals surface area (Å²) in [5, 5.41) is 2.79. The van der Waals surface area contributed by atoms with Crippen LogP contribution in [0, 0.1) is 6.92 Å². The molecule has 3 aromatic carbocycles. The van der Waals surface area contributed by atoms with E-state index in [1.165, 1.54) is 23.9 Å². The van der Waals surface area contributed by atoms with Gasteiger partial charge >= 0.3 is 0 Å². The van der Waals surface area contributed by atoms with E-state index < -0.39 is 10.0 Å². The van der Waals surface area contributed by atoms with E-state index in [4.69, 9.17) is 0 Å². The van der Waals surface area contributed by atoms with E-state index in [1.54, 1.807) is 30.3 Å². The number of carbonyl (C=O) groups is 1. The minimum Gasteiger partial charge on any atom is -0.325 e. The molecule has 0 saturated carbocycles. The van der Waals surface area contributed by atoms with Gasteiger partial charge < -0.3 is 5.32 Å². The lowest BCUT2D eigenvalue weighted by molar-refractivity contribution is -0.113. The van der Waals surface area contributed by atoms with Gasteiger partial charge in [-0.05, 0) is 60.5 Å². The number of anilines is 2. The molecular weight excluding hydrogens is 484 g/mol. The maximum absolute atomic E-state index is 12.5. The van der Waals surface area contributed by atoms with Gasteiger partial charge in [-0.3, -0.25) is 9.52 Å². The third kappa shape index (κ3) is 6.35. The Hall–Kier alpha value is -2.29. The minimum atomic E-state index is -3.70. The zero-order chi connectivity index (χ0) is 21.6. The van der Waals surface area contributed by atoms with Gasteiger partial charge in [-0.15, -0.1) is 11.8 Å². The predicted molar refractivity (Wildman–Crippen MR) is 127 cm³/mol. The third-order valence-corrected chi connectivity index (χ3v) is 7.32. The summed E-state index contributed by atoms with van der Waals surface area (Å²) in [6.07, 6.45) is 0. The molecule has 0 aromatic heterocycles. The van der Waals surface area contributed by atoms with Crippen LogP contribution in [0.1, 0.15) is 11.1 Å². The smallest absolute Gasteiger partial charge is 0.261 e. The first-order valence-corrected chi connectivity index (χ1v) is 12.6. The lowest BCUT2D eigenvalue weighted by Gasteiger charge is -2.10. The molecule has 0 fully saturated rings. The lowest BCUT2D eigenvalue weighted by Crippen LogP contribution is -2.15. The molecule has 3 aromatic rings. The fourth-order valence-corrected chi connectivity index (χ4v) is 5.20. The van der Waals surface area contributed by atoms with Gasteiger partial charge in [0.15, 0.2) is 0 Å². The average molecular weight is 505 g/mol. The molecule has 8 heteroatoms. The van der Waals surface area contributed by atoms with Crippen molar-refractivity contribution >= 4 is 55.0 Å². The van der Waals surface area contributed by atoms with Gasteiger partial charge in [0.1, 0.15) is 0 Å². The maximum Gasteiger partial charge on any atom is 0.261 e. The van der Waals surface area contributed by atoms with Crippen molar-refractivity contribution < 1.29 is 13.2 Å². The van der Waals surface area contributed by atoms with Crippen LogP contribution in [-0.2, 0) is 20.6 Å². The van der Waals surface area contributed by atoms with Crippen LogP contribution < -0.4 is 10.0 Å². The van der Waals surface area contributed by atoms with Crippen LogP contribution in [0.15, 0.2) is 82.2 Å². The van der Waals surface area contributed by atoms with Crippen LogP contribution in [0.3, 0.4) is 0 Å². The molecule has 5 nitrogen and oxygen atoms in total. The summed E-state index contributed by atoms with van der Waals surface area (Å²) in [6.45, 7) is 1.90. The molecule has 2 N–H and O–H groups in total. The SMILES string of the molecule is Cc1cccc(NS(=O)(=O)c2ccc(NC(=O)CSCc3ccccc3Br)cc2)c1. The van der Waals surface area contributed by atoms with Crippen molar-refractivity contribution in [2.24, 2.45) is 0 Å². The van der Waals surface area contributed by atoms with Gasteiger partial charge in [0.05, 0.1) is 10.6 Å². The van der Waals surface area contributed by atoms with Gasteiger partial charge in [-0.2, -0.15) is 0 Å². The number of rotatable bonds is 8. The number of aryl methyl sites for hydroxylation is 1. The molecule has 0 saturated heterocycles. The quantitative estimate of drug-likeness (QED) is 0.428. The van der Waals surface area contributed by atoms with E-state index in [0.717, 1.165) is 21.4 Å². The van der Waals surface area contributed by atoms with E-state index in [9.17, 15) is 13.2 Å². The summed E-state index contributed by atoms with van der Waals surface area (Å²) in [5.41, 5.74) is 3.15. The topological polar surface area (TPSA) is 75.3 Å². The van der Waals surface area contributed by atoms with Crippen LogP contribution in [0.25, 0.3) is 0 Å². The molecule has 0 heterocycles. The van der Waals surface area contributed by atoms with Crippen LogP contribution in [-0.4, -0.2) is 20.1 Å². The van der Waals surface area contributed by atoms with Crippen molar-refractivity contribution in [2.45, 2.75) is 17.6 Å². The number of benzene rings is 3.